The first-order valence-electron chi connectivity index (χ1n) is 3.83. The van der Waals surface area contributed by atoms with Crippen LogP contribution in [0.15, 0.2) is 12.4 Å². The Labute approximate surface area is 63.7 Å². The van der Waals surface area contributed by atoms with Gasteiger partial charge in [-0.1, -0.05) is 13.8 Å². The minimum absolute atomic E-state index is 0.787. The summed E-state index contributed by atoms with van der Waals surface area (Å²) in [5, 5.41) is 6.09. The van der Waals surface area contributed by atoms with Crippen LogP contribution in [0, 0.1) is 5.92 Å². The molecule has 0 radical (unpaired) electrons. The topological polar surface area (TPSA) is 24.1 Å². The second-order valence-corrected chi connectivity index (χ2v) is 2.76. The Morgan fingerprint density at radius 2 is 2.00 bits per heavy atom. The van der Waals surface area contributed by atoms with Gasteiger partial charge in [0.15, 0.2) is 0 Å². The van der Waals surface area contributed by atoms with Gasteiger partial charge in [-0.15, -0.1) is 0 Å². The van der Waals surface area contributed by atoms with Gasteiger partial charge in [0.05, 0.1) is 0 Å². The summed E-state index contributed by atoms with van der Waals surface area (Å²) >= 11 is 0. The quantitative estimate of drug-likeness (QED) is 0.566. The lowest BCUT2D eigenvalue weighted by Crippen LogP contribution is -2.10. The van der Waals surface area contributed by atoms with E-state index in [1.54, 1.807) is 0 Å². The van der Waals surface area contributed by atoms with Crippen LogP contribution in [0.4, 0.5) is 0 Å². The van der Waals surface area contributed by atoms with Crippen LogP contribution >= 0.6 is 0 Å². The first kappa shape index (κ1) is 9.34. The molecule has 0 aliphatic heterocycles. The van der Waals surface area contributed by atoms with Gasteiger partial charge < -0.3 is 10.6 Å². The van der Waals surface area contributed by atoms with Crippen LogP contribution in [0.2, 0.25) is 0 Å². The van der Waals surface area contributed by atoms with E-state index >= 15 is 0 Å². The summed E-state index contributed by atoms with van der Waals surface area (Å²) in [5.74, 6) is 0.787. The molecule has 2 N–H and O–H groups in total. The molecule has 0 rings (SSSR count). The van der Waals surface area contributed by atoms with E-state index in [1.165, 1.54) is 6.42 Å². The Kier molecular flexibility index (Phi) is 6.03. The van der Waals surface area contributed by atoms with Gasteiger partial charge >= 0.3 is 0 Å². The van der Waals surface area contributed by atoms with Gasteiger partial charge in [0.1, 0.15) is 0 Å². The molecule has 0 fully saturated rings. The fourth-order valence-electron chi connectivity index (χ4n) is 0.598. The Morgan fingerprint density at radius 3 is 2.50 bits per heavy atom. The Bertz CT molecular complexity index is 87.3. The first-order valence-corrected chi connectivity index (χ1v) is 3.83. The molecule has 2 heteroatoms. The molecule has 0 heterocycles. The van der Waals surface area contributed by atoms with Crippen molar-refractivity contribution in [3.05, 3.63) is 12.4 Å². The van der Waals surface area contributed by atoms with E-state index < -0.39 is 0 Å². The van der Waals surface area contributed by atoms with Gasteiger partial charge in [0.2, 0.25) is 0 Å². The molecule has 2 nitrogen and oxygen atoms in total. The molecule has 60 valence electrons. The summed E-state index contributed by atoms with van der Waals surface area (Å²) in [7, 11) is 1.89. The van der Waals surface area contributed by atoms with Gasteiger partial charge in [-0.25, -0.2) is 0 Å². The molecule has 0 unspecified atom stereocenters. The zero-order valence-electron chi connectivity index (χ0n) is 7.15. The molecule has 0 bridgehead atoms. The highest BCUT2D eigenvalue weighted by atomic mass is 14.9. The van der Waals surface area contributed by atoms with Crippen LogP contribution in [0.1, 0.15) is 20.3 Å². The second kappa shape index (κ2) is 6.46. The highest BCUT2D eigenvalue weighted by Crippen LogP contribution is 1.95. The van der Waals surface area contributed by atoms with Crippen molar-refractivity contribution < 1.29 is 0 Å². The summed E-state index contributed by atoms with van der Waals surface area (Å²) in [4.78, 5) is 0. The Morgan fingerprint density at radius 1 is 1.30 bits per heavy atom. The molecule has 0 aliphatic rings. The maximum Gasteiger partial charge on any atom is 0.0144 e. The predicted octanol–water partition coefficient (Wildman–Crippen LogP) is 1.31. The molecule has 10 heavy (non-hydrogen) atoms. The van der Waals surface area contributed by atoms with Gasteiger partial charge in [0, 0.05) is 26.0 Å². The van der Waals surface area contributed by atoms with Crippen molar-refractivity contribution in [2.45, 2.75) is 20.3 Å². The predicted molar refractivity (Wildman–Crippen MR) is 45.7 cm³/mol. The number of hydrogen-bond acceptors (Lipinski definition) is 2. The molecule has 0 saturated heterocycles. The SMILES string of the molecule is CN/C=C\NCCC(C)C. The largest absolute Gasteiger partial charge is 0.393 e. The van der Waals surface area contributed by atoms with Crippen molar-refractivity contribution in [1.82, 2.24) is 10.6 Å². The van der Waals surface area contributed by atoms with Crippen molar-refractivity contribution >= 4 is 0 Å². The molecule has 0 spiro atoms. The molecule has 0 atom stereocenters. The van der Waals surface area contributed by atoms with Crippen LogP contribution in [-0.2, 0) is 0 Å². The van der Waals surface area contributed by atoms with E-state index in [0.717, 1.165) is 12.5 Å². The maximum atomic E-state index is 3.17. The molecular formula is C8H18N2. The molecule has 0 aliphatic carbocycles. The lowest BCUT2D eigenvalue weighted by atomic mass is 10.1. The minimum atomic E-state index is 0.787. The highest BCUT2D eigenvalue weighted by molar-refractivity contribution is 4.74. The van der Waals surface area contributed by atoms with Crippen molar-refractivity contribution in [2.75, 3.05) is 13.6 Å². The highest BCUT2D eigenvalue weighted by Gasteiger charge is 1.89. The minimum Gasteiger partial charge on any atom is -0.393 e. The summed E-state index contributed by atoms with van der Waals surface area (Å²) in [5.41, 5.74) is 0. The van der Waals surface area contributed by atoms with E-state index in [0.29, 0.717) is 0 Å². The van der Waals surface area contributed by atoms with Gasteiger partial charge in [0.25, 0.3) is 0 Å². The van der Waals surface area contributed by atoms with Gasteiger partial charge in [-0.05, 0) is 12.3 Å². The fourth-order valence-corrected chi connectivity index (χ4v) is 0.598. The fraction of sp³-hybridized carbons (Fsp3) is 0.750. The second-order valence-electron chi connectivity index (χ2n) is 2.76. The smallest absolute Gasteiger partial charge is 0.0144 e. The van der Waals surface area contributed by atoms with Gasteiger partial charge in [-0.2, -0.15) is 0 Å². The zero-order valence-corrected chi connectivity index (χ0v) is 7.15. The van der Waals surface area contributed by atoms with E-state index in [2.05, 4.69) is 24.5 Å². The van der Waals surface area contributed by atoms with Crippen LogP contribution < -0.4 is 10.6 Å². The standard InChI is InChI=1S/C8H18N2/c1-8(2)4-5-10-7-6-9-3/h6-10H,4-5H2,1-3H3/b7-6-. The average molecular weight is 142 g/mol. The summed E-state index contributed by atoms with van der Waals surface area (Å²) in [6, 6.07) is 0. The van der Waals surface area contributed by atoms with Crippen LogP contribution in [-0.4, -0.2) is 13.6 Å². The van der Waals surface area contributed by atoms with Crippen LogP contribution in [0.3, 0.4) is 0 Å². The molecular weight excluding hydrogens is 124 g/mol. The first-order chi connectivity index (χ1) is 4.77. The third-order valence-electron chi connectivity index (χ3n) is 1.23. The molecule has 0 amide bonds. The maximum absolute atomic E-state index is 3.17. The van der Waals surface area contributed by atoms with Crippen molar-refractivity contribution in [3.8, 4) is 0 Å². The van der Waals surface area contributed by atoms with E-state index in [1.807, 2.05) is 19.4 Å². The Hall–Kier alpha value is -0.660. The summed E-state index contributed by atoms with van der Waals surface area (Å²) in [6.45, 7) is 5.52. The lowest BCUT2D eigenvalue weighted by molar-refractivity contribution is 0.570. The number of rotatable bonds is 5. The van der Waals surface area contributed by atoms with Crippen molar-refractivity contribution in [3.63, 3.8) is 0 Å². The zero-order chi connectivity index (χ0) is 7.82. The molecule has 0 aromatic heterocycles. The molecule has 0 aromatic rings. The monoisotopic (exact) mass is 142 g/mol. The van der Waals surface area contributed by atoms with Gasteiger partial charge in [-0.3, -0.25) is 0 Å². The third kappa shape index (κ3) is 7.34. The molecule has 0 aromatic carbocycles. The lowest BCUT2D eigenvalue weighted by Gasteiger charge is -2.02. The number of nitrogens with one attached hydrogen (secondary N) is 2. The van der Waals surface area contributed by atoms with E-state index in [-0.39, 0.29) is 0 Å². The normalized spacial score (nSPS) is 10.8. The summed E-state index contributed by atoms with van der Waals surface area (Å²) < 4.78 is 0. The van der Waals surface area contributed by atoms with E-state index in [9.17, 15) is 0 Å². The average Bonchev–Trinajstić information content (AvgIpc) is 1.87. The Balaban J connectivity index is 2.97. The van der Waals surface area contributed by atoms with Crippen LogP contribution in [0.5, 0.6) is 0 Å². The van der Waals surface area contributed by atoms with E-state index in [4.69, 9.17) is 0 Å². The summed E-state index contributed by atoms with van der Waals surface area (Å²) in [6.07, 6.45) is 5.05. The third-order valence-corrected chi connectivity index (χ3v) is 1.23. The molecule has 0 saturated carbocycles. The van der Waals surface area contributed by atoms with Crippen molar-refractivity contribution in [1.29, 1.82) is 0 Å². The van der Waals surface area contributed by atoms with Crippen LogP contribution in [0.25, 0.3) is 0 Å². The number of hydrogen-bond donors (Lipinski definition) is 2. The van der Waals surface area contributed by atoms with Crippen molar-refractivity contribution in [2.24, 2.45) is 5.92 Å².